The Labute approximate surface area is 150 Å². The number of ketones is 1. The summed E-state index contributed by atoms with van der Waals surface area (Å²) < 4.78 is 0.959. The summed E-state index contributed by atoms with van der Waals surface area (Å²) in [5.41, 5.74) is 0.706. The van der Waals surface area contributed by atoms with Crippen LogP contribution in [0.2, 0.25) is 0 Å². The molecule has 3 rings (SSSR count). The molecule has 0 amide bonds. The van der Waals surface area contributed by atoms with Crippen LogP contribution in [0.5, 0.6) is 0 Å². The maximum Gasteiger partial charge on any atom is 0.187 e. The van der Waals surface area contributed by atoms with Crippen molar-refractivity contribution in [3.05, 3.63) is 107 Å². The molecule has 0 N–H and O–H groups in total. The Kier molecular flexibility index (Phi) is 5.94. The smallest absolute Gasteiger partial charge is 0.187 e. The first kappa shape index (κ1) is 16.6. The van der Waals surface area contributed by atoms with Crippen molar-refractivity contribution in [1.82, 2.24) is 0 Å². The average molecular weight is 348 g/mol. The van der Waals surface area contributed by atoms with E-state index in [0.717, 1.165) is 14.0 Å². The molecule has 0 bridgehead atoms. The summed E-state index contributed by atoms with van der Waals surface area (Å²) in [6, 6.07) is 29.6. The zero-order valence-corrected chi connectivity index (χ0v) is 14.6. The number of benzene rings is 3. The molecule has 118 valence electrons. The van der Waals surface area contributed by atoms with Crippen molar-refractivity contribution in [3.8, 4) is 0 Å². The highest BCUT2D eigenvalue weighted by Crippen LogP contribution is 2.39. The number of hydrogen-bond donors (Lipinski definition) is 0. The Balaban J connectivity index is 1.86. The van der Waals surface area contributed by atoms with Crippen molar-refractivity contribution < 1.29 is 4.79 Å². The molecule has 0 aliphatic rings. The topological polar surface area (TPSA) is 17.1 Å². The monoisotopic (exact) mass is 348 g/mol. The van der Waals surface area contributed by atoms with Crippen LogP contribution in [0.15, 0.2) is 111 Å². The van der Waals surface area contributed by atoms with Crippen LogP contribution in [0.3, 0.4) is 0 Å². The van der Waals surface area contributed by atoms with E-state index in [1.54, 1.807) is 29.6 Å². The van der Waals surface area contributed by atoms with E-state index in [1.165, 1.54) is 0 Å². The normalized spacial score (nSPS) is 10.2. The van der Waals surface area contributed by atoms with Crippen molar-refractivity contribution in [3.63, 3.8) is 0 Å². The third-order valence-electron chi connectivity index (χ3n) is 3.23. The van der Waals surface area contributed by atoms with Gasteiger partial charge in [0.2, 0.25) is 0 Å². The van der Waals surface area contributed by atoms with E-state index in [-0.39, 0.29) is 5.78 Å². The standard InChI is InChI=1S/C21H16OS2/c22-20(17-10-4-1-5-11-17)16-21(23-18-12-6-2-7-13-18)24-19-14-8-3-9-15-19/h1-16H. The molecular weight excluding hydrogens is 332 g/mol. The molecule has 3 aromatic carbocycles. The number of carbonyl (C=O) groups is 1. The lowest BCUT2D eigenvalue weighted by Gasteiger charge is -2.07. The number of thioether (sulfide) groups is 2. The summed E-state index contributed by atoms with van der Waals surface area (Å²) in [6.07, 6.45) is 1.73. The molecule has 0 saturated carbocycles. The fraction of sp³-hybridized carbons (Fsp3) is 0. The molecule has 0 heterocycles. The van der Waals surface area contributed by atoms with Gasteiger partial charge < -0.3 is 0 Å². The van der Waals surface area contributed by atoms with E-state index in [4.69, 9.17) is 0 Å². The van der Waals surface area contributed by atoms with Gasteiger partial charge in [0.05, 0.1) is 4.24 Å². The first-order valence-electron chi connectivity index (χ1n) is 7.58. The van der Waals surface area contributed by atoms with Crippen LogP contribution in [0, 0.1) is 0 Å². The van der Waals surface area contributed by atoms with Gasteiger partial charge in [0, 0.05) is 21.4 Å². The minimum absolute atomic E-state index is 0.0254. The van der Waals surface area contributed by atoms with Gasteiger partial charge in [-0.3, -0.25) is 4.79 Å². The van der Waals surface area contributed by atoms with Gasteiger partial charge in [0.25, 0.3) is 0 Å². The molecule has 0 aromatic heterocycles. The van der Waals surface area contributed by atoms with E-state index in [9.17, 15) is 4.79 Å². The maximum atomic E-state index is 12.5. The highest BCUT2D eigenvalue weighted by molar-refractivity contribution is 8.22. The second-order valence-electron chi connectivity index (χ2n) is 5.02. The Bertz CT molecular complexity index is 769. The molecule has 0 spiro atoms. The average Bonchev–Trinajstić information content (AvgIpc) is 2.64. The third-order valence-corrected chi connectivity index (χ3v) is 5.38. The second-order valence-corrected chi connectivity index (χ2v) is 7.51. The second kappa shape index (κ2) is 8.57. The third kappa shape index (κ3) is 4.88. The lowest BCUT2D eigenvalue weighted by Crippen LogP contribution is -1.94. The van der Waals surface area contributed by atoms with Crippen molar-refractivity contribution in [2.24, 2.45) is 0 Å². The summed E-state index contributed by atoms with van der Waals surface area (Å²) in [6.45, 7) is 0. The minimum Gasteiger partial charge on any atom is -0.289 e. The van der Waals surface area contributed by atoms with Gasteiger partial charge in [-0.15, -0.1) is 0 Å². The van der Waals surface area contributed by atoms with Crippen LogP contribution in [-0.4, -0.2) is 5.78 Å². The molecule has 3 heteroatoms. The Morgan fingerprint density at radius 1 is 0.625 bits per heavy atom. The molecule has 3 aromatic rings. The highest BCUT2D eigenvalue weighted by Gasteiger charge is 2.08. The number of allylic oxidation sites excluding steroid dienone is 1. The maximum absolute atomic E-state index is 12.5. The molecule has 0 unspecified atom stereocenters. The molecule has 0 radical (unpaired) electrons. The zero-order chi connectivity index (χ0) is 16.6. The van der Waals surface area contributed by atoms with Crippen molar-refractivity contribution in [2.45, 2.75) is 9.79 Å². The van der Waals surface area contributed by atoms with E-state index >= 15 is 0 Å². The van der Waals surface area contributed by atoms with Gasteiger partial charge in [0.1, 0.15) is 0 Å². The van der Waals surface area contributed by atoms with Gasteiger partial charge >= 0.3 is 0 Å². The van der Waals surface area contributed by atoms with Gasteiger partial charge in [-0.25, -0.2) is 0 Å². The van der Waals surface area contributed by atoms with Crippen molar-refractivity contribution >= 4 is 29.3 Å². The summed E-state index contributed by atoms with van der Waals surface area (Å²) in [5, 5.41) is 0. The largest absolute Gasteiger partial charge is 0.289 e. The molecular formula is C21H16OS2. The molecule has 0 aliphatic carbocycles. The summed E-state index contributed by atoms with van der Waals surface area (Å²) in [4.78, 5) is 14.8. The SMILES string of the molecule is O=C(C=C(Sc1ccccc1)Sc1ccccc1)c1ccccc1. The van der Waals surface area contributed by atoms with E-state index < -0.39 is 0 Å². The fourth-order valence-corrected chi connectivity index (χ4v) is 4.21. The van der Waals surface area contributed by atoms with E-state index in [0.29, 0.717) is 5.56 Å². The van der Waals surface area contributed by atoms with E-state index in [1.807, 2.05) is 66.7 Å². The summed E-state index contributed by atoms with van der Waals surface area (Å²) in [7, 11) is 0. The van der Waals surface area contributed by atoms with Gasteiger partial charge in [0.15, 0.2) is 5.78 Å². The molecule has 0 aliphatic heterocycles. The quantitative estimate of drug-likeness (QED) is 0.296. The minimum atomic E-state index is 0.0254. The molecule has 24 heavy (non-hydrogen) atoms. The fourth-order valence-electron chi connectivity index (χ4n) is 2.08. The summed E-state index contributed by atoms with van der Waals surface area (Å²) in [5.74, 6) is 0.0254. The van der Waals surface area contributed by atoms with Crippen molar-refractivity contribution in [2.75, 3.05) is 0 Å². The van der Waals surface area contributed by atoms with Crippen LogP contribution < -0.4 is 0 Å². The van der Waals surface area contributed by atoms with Gasteiger partial charge in [-0.1, -0.05) is 90.3 Å². The van der Waals surface area contributed by atoms with Crippen molar-refractivity contribution in [1.29, 1.82) is 0 Å². The van der Waals surface area contributed by atoms with Gasteiger partial charge in [-0.05, 0) is 24.3 Å². The predicted octanol–water partition coefficient (Wildman–Crippen LogP) is 6.30. The van der Waals surface area contributed by atoms with E-state index in [2.05, 4.69) is 24.3 Å². The first-order valence-corrected chi connectivity index (χ1v) is 9.21. The number of hydrogen-bond acceptors (Lipinski definition) is 3. The van der Waals surface area contributed by atoms with Crippen LogP contribution in [0.1, 0.15) is 10.4 Å². The molecule has 0 fully saturated rings. The molecule has 0 saturated heterocycles. The molecule has 0 atom stereocenters. The number of carbonyl (C=O) groups excluding carboxylic acids is 1. The Morgan fingerprint density at radius 3 is 1.50 bits per heavy atom. The number of rotatable bonds is 6. The molecule has 1 nitrogen and oxygen atoms in total. The first-order chi connectivity index (χ1) is 11.8. The highest BCUT2D eigenvalue weighted by atomic mass is 32.2. The Morgan fingerprint density at radius 2 is 1.04 bits per heavy atom. The Hall–Kier alpha value is -2.23. The lowest BCUT2D eigenvalue weighted by molar-refractivity contribution is 0.104. The van der Waals surface area contributed by atoms with Crippen LogP contribution in [0.4, 0.5) is 0 Å². The van der Waals surface area contributed by atoms with Crippen LogP contribution in [-0.2, 0) is 0 Å². The van der Waals surface area contributed by atoms with Gasteiger partial charge in [-0.2, -0.15) is 0 Å². The van der Waals surface area contributed by atoms with Crippen LogP contribution >= 0.6 is 23.5 Å². The van der Waals surface area contributed by atoms with Crippen LogP contribution in [0.25, 0.3) is 0 Å². The lowest BCUT2D eigenvalue weighted by atomic mass is 10.1. The predicted molar refractivity (Wildman–Crippen MR) is 103 cm³/mol. The summed E-state index contributed by atoms with van der Waals surface area (Å²) >= 11 is 3.22. The zero-order valence-electron chi connectivity index (χ0n) is 13.0.